The van der Waals surface area contributed by atoms with E-state index in [4.69, 9.17) is 0 Å². The highest BCUT2D eigenvalue weighted by Gasteiger charge is 2.16. The Kier molecular flexibility index (Phi) is 6.38. The van der Waals surface area contributed by atoms with Gasteiger partial charge in [-0.25, -0.2) is 0 Å². The van der Waals surface area contributed by atoms with Gasteiger partial charge >= 0.3 is 0 Å². The first-order chi connectivity index (χ1) is 13.6. The van der Waals surface area contributed by atoms with Gasteiger partial charge in [0.25, 0.3) is 0 Å². The molecule has 3 rings (SSSR count). The van der Waals surface area contributed by atoms with Crippen molar-refractivity contribution in [3.05, 3.63) is 54.6 Å². The normalized spacial score (nSPS) is 10.5. The molecule has 1 aromatic heterocycles. The van der Waals surface area contributed by atoms with Crippen LogP contribution in [-0.4, -0.2) is 56.8 Å². The molecule has 0 aliphatic carbocycles. The fourth-order valence-electron chi connectivity index (χ4n) is 2.50. The minimum atomic E-state index is -0.287. The van der Waals surface area contributed by atoms with Gasteiger partial charge in [0.2, 0.25) is 17.6 Å². The first-order valence-electron chi connectivity index (χ1n) is 8.57. The molecule has 1 N–H and O–H groups in total. The zero-order chi connectivity index (χ0) is 19.9. The van der Waals surface area contributed by atoms with Gasteiger partial charge in [0.15, 0.2) is 0 Å². The van der Waals surface area contributed by atoms with E-state index in [9.17, 15) is 9.59 Å². The average molecular weight is 396 g/mol. The Morgan fingerprint density at radius 2 is 1.82 bits per heavy atom. The largest absolute Gasteiger partial charge is 0.335 e. The maximum absolute atomic E-state index is 12.4. The van der Waals surface area contributed by atoms with Gasteiger partial charge in [-0.15, -0.1) is 22.0 Å². The molecule has 2 amide bonds. The predicted octanol–water partition coefficient (Wildman–Crippen LogP) is 2.16. The summed E-state index contributed by atoms with van der Waals surface area (Å²) in [6, 6.07) is 16.9. The summed E-state index contributed by atoms with van der Waals surface area (Å²) in [6.45, 7) is -0.160. The Balaban J connectivity index is 1.56. The molecule has 0 saturated heterocycles. The molecule has 8 nitrogen and oxygen atoms in total. The molecule has 0 spiro atoms. The van der Waals surface area contributed by atoms with Crippen molar-refractivity contribution in [3.63, 3.8) is 0 Å². The van der Waals surface area contributed by atoms with Gasteiger partial charge in [-0.05, 0) is 23.6 Å². The fraction of sp³-hybridized carbons (Fsp3) is 0.211. The number of hydrogen-bond acceptors (Lipinski definition) is 6. The number of anilines is 1. The zero-order valence-electron chi connectivity index (χ0n) is 15.6. The van der Waals surface area contributed by atoms with Crippen LogP contribution in [0.1, 0.15) is 0 Å². The molecule has 9 heteroatoms. The van der Waals surface area contributed by atoms with Crippen molar-refractivity contribution in [1.82, 2.24) is 25.1 Å². The summed E-state index contributed by atoms with van der Waals surface area (Å²) < 4.78 is 0. The smallest absolute Gasteiger partial charge is 0.246 e. The number of aromatic nitrogens is 4. The molecule has 0 saturated carbocycles. The molecule has 144 valence electrons. The number of amides is 2. The van der Waals surface area contributed by atoms with E-state index >= 15 is 0 Å². The lowest BCUT2D eigenvalue weighted by molar-refractivity contribution is -0.134. The van der Waals surface area contributed by atoms with Crippen LogP contribution in [0.5, 0.6) is 0 Å². The number of hydrogen-bond donors (Lipinski definition) is 1. The minimum absolute atomic E-state index is 0.0677. The predicted molar refractivity (Wildman–Crippen MR) is 108 cm³/mol. The highest BCUT2D eigenvalue weighted by atomic mass is 32.2. The molecular formula is C19H20N6O2S. The lowest BCUT2D eigenvalue weighted by Gasteiger charge is -2.17. The summed E-state index contributed by atoms with van der Waals surface area (Å²) >= 11 is 1.54. The van der Waals surface area contributed by atoms with E-state index in [1.165, 1.54) is 9.70 Å². The van der Waals surface area contributed by atoms with E-state index < -0.39 is 0 Å². The van der Waals surface area contributed by atoms with Gasteiger partial charge in [-0.3, -0.25) is 9.59 Å². The number of thioether (sulfide) groups is 1. The first kappa shape index (κ1) is 19.6. The highest BCUT2D eigenvalue weighted by Crippen LogP contribution is 2.24. The van der Waals surface area contributed by atoms with Crippen LogP contribution >= 0.6 is 11.8 Å². The summed E-state index contributed by atoms with van der Waals surface area (Å²) in [5, 5.41) is 14.9. The summed E-state index contributed by atoms with van der Waals surface area (Å²) in [5.41, 5.74) is 1.55. The van der Waals surface area contributed by atoms with Crippen molar-refractivity contribution in [2.45, 2.75) is 11.4 Å². The number of carbonyl (C=O) groups is 2. The Hall–Kier alpha value is -3.20. The maximum Gasteiger partial charge on any atom is 0.246 e. The van der Waals surface area contributed by atoms with Gasteiger partial charge in [0.05, 0.1) is 12.2 Å². The maximum atomic E-state index is 12.4. The second-order valence-electron chi connectivity index (χ2n) is 6.01. The second kappa shape index (κ2) is 9.14. The summed E-state index contributed by atoms with van der Waals surface area (Å²) in [6.07, 6.45) is 1.94. The molecule has 3 aromatic rings. The van der Waals surface area contributed by atoms with Gasteiger partial charge in [-0.1, -0.05) is 42.5 Å². The van der Waals surface area contributed by atoms with Crippen molar-refractivity contribution in [1.29, 1.82) is 0 Å². The van der Waals surface area contributed by atoms with Gasteiger partial charge in [-0.2, -0.15) is 4.80 Å². The molecule has 0 unspecified atom stereocenters. The second-order valence-corrected chi connectivity index (χ2v) is 6.86. The number of para-hydroxylation sites is 1. The van der Waals surface area contributed by atoms with E-state index in [-0.39, 0.29) is 24.9 Å². The van der Waals surface area contributed by atoms with Crippen LogP contribution in [0.2, 0.25) is 0 Å². The third-order valence-electron chi connectivity index (χ3n) is 3.95. The van der Waals surface area contributed by atoms with E-state index in [0.717, 1.165) is 16.1 Å². The molecular weight excluding hydrogens is 376 g/mol. The van der Waals surface area contributed by atoms with Gasteiger partial charge in [0.1, 0.15) is 6.54 Å². The summed E-state index contributed by atoms with van der Waals surface area (Å²) in [4.78, 5) is 28.2. The van der Waals surface area contributed by atoms with Crippen molar-refractivity contribution in [2.75, 3.05) is 25.2 Å². The average Bonchev–Trinajstić information content (AvgIpc) is 3.17. The quantitative estimate of drug-likeness (QED) is 0.615. The van der Waals surface area contributed by atoms with Crippen LogP contribution in [0.3, 0.4) is 0 Å². The molecule has 0 radical (unpaired) electrons. The zero-order valence-corrected chi connectivity index (χ0v) is 16.4. The third kappa shape index (κ3) is 4.95. The van der Waals surface area contributed by atoms with Crippen LogP contribution in [-0.2, 0) is 16.1 Å². The molecule has 28 heavy (non-hydrogen) atoms. The number of rotatable bonds is 7. The topological polar surface area (TPSA) is 93.0 Å². The van der Waals surface area contributed by atoms with E-state index in [1.807, 2.05) is 60.9 Å². The van der Waals surface area contributed by atoms with Gasteiger partial charge < -0.3 is 10.2 Å². The van der Waals surface area contributed by atoms with Crippen LogP contribution in [0.15, 0.2) is 59.5 Å². The number of likely N-dealkylation sites (N-methyl/N-ethyl adjacent to an activating group) is 1. The Morgan fingerprint density at radius 3 is 2.57 bits per heavy atom. The first-order valence-corrected chi connectivity index (χ1v) is 9.79. The van der Waals surface area contributed by atoms with Gasteiger partial charge in [0, 0.05) is 17.5 Å². The third-order valence-corrected chi connectivity index (χ3v) is 4.74. The van der Waals surface area contributed by atoms with Crippen molar-refractivity contribution in [2.24, 2.45) is 0 Å². The lowest BCUT2D eigenvalue weighted by atomic mass is 10.2. The number of tetrazole rings is 1. The highest BCUT2D eigenvalue weighted by molar-refractivity contribution is 7.98. The van der Waals surface area contributed by atoms with E-state index in [2.05, 4.69) is 20.7 Å². The molecule has 2 aromatic carbocycles. The Labute approximate surface area is 166 Å². The van der Waals surface area contributed by atoms with Crippen LogP contribution < -0.4 is 5.32 Å². The minimum Gasteiger partial charge on any atom is -0.335 e. The van der Waals surface area contributed by atoms with E-state index in [1.54, 1.807) is 18.8 Å². The fourth-order valence-corrected chi connectivity index (χ4v) is 3.05. The summed E-state index contributed by atoms with van der Waals surface area (Å²) in [5.74, 6) is -0.110. The van der Waals surface area contributed by atoms with Crippen molar-refractivity contribution >= 4 is 29.3 Å². The number of carbonyl (C=O) groups excluding carboxylic acids is 2. The molecule has 0 fully saturated rings. The SMILES string of the molecule is CSc1ccccc1NC(=O)CN(C)C(=O)Cn1nnc(-c2ccccc2)n1. The van der Waals surface area contributed by atoms with Crippen LogP contribution in [0, 0.1) is 0 Å². The molecule has 1 heterocycles. The van der Waals surface area contributed by atoms with Crippen LogP contribution in [0.25, 0.3) is 11.4 Å². The van der Waals surface area contributed by atoms with Crippen LogP contribution in [0.4, 0.5) is 5.69 Å². The standard InChI is InChI=1S/C19H20N6O2S/c1-24(12-17(26)20-15-10-6-7-11-16(15)28-2)18(27)13-25-22-19(21-23-25)14-8-4-3-5-9-14/h3-11H,12-13H2,1-2H3,(H,20,26). The van der Waals surface area contributed by atoms with Crippen molar-refractivity contribution < 1.29 is 9.59 Å². The van der Waals surface area contributed by atoms with Crippen molar-refractivity contribution in [3.8, 4) is 11.4 Å². The summed E-state index contributed by atoms with van der Waals surface area (Å²) in [7, 11) is 1.57. The Morgan fingerprint density at radius 1 is 1.11 bits per heavy atom. The monoisotopic (exact) mass is 396 g/mol. The molecule has 0 atom stereocenters. The lowest BCUT2D eigenvalue weighted by Crippen LogP contribution is -2.37. The Bertz CT molecular complexity index is 960. The number of nitrogens with zero attached hydrogens (tertiary/aromatic N) is 5. The van der Waals surface area contributed by atoms with E-state index in [0.29, 0.717) is 5.82 Å². The number of benzene rings is 2. The number of nitrogens with one attached hydrogen (secondary N) is 1. The molecule has 0 aliphatic rings. The molecule has 0 aliphatic heterocycles. The molecule has 0 bridgehead atoms.